The van der Waals surface area contributed by atoms with Crippen LogP contribution in [-0.4, -0.2) is 35.7 Å². The number of amides is 2. The number of hydrogen-bond donors (Lipinski definition) is 1. The van der Waals surface area contributed by atoms with Gasteiger partial charge in [-0.3, -0.25) is 24.5 Å². The van der Waals surface area contributed by atoms with E-state index in [-0.39, 0.29) is 18.3 Å². The molecule has 1 N–H and O–H groups in total. The predicted octanol–water partition coefficient (Wildman–Crippen LogP) is 3.50. The third-order valence-corrected chi connectivity index (χ3v) is 7.25. The van der Waals surface area contributed by atoms with E-state index in [1.807, 2.05) is 24.4 Å². The smallest absolute Gasteiger partial charge is 0.327 e. The molecule has 2 fully saturated rings. The van der Waals surface area contributed by atoms with Crippen molar-refractivity contribution in [3.05, 3.63) is 52.2 Å². The highest BCUT2D eigenvalue weighted by Crippen LogP contribution is 2.52. The first-order chi connectivity index (χ1) is 15.4. The van der Waals surface area contributed by atoms with Gasteiger partial charge < -0.3 is 4.74 Å². The second-order valence-corrected chi connectivity index (χ2v) is 9.18. The molecule has 2 aromatic rings. The van der Waals surface area contributed by atoms with E-state index in [1.54, 1.807) is 31.2 Å². The van der Waals surface area contributed by atoms with E-state index in [9.17, 15) is 19.2 Å². The van der Waals surface area contributed by atoms with E-state index in [1.165, 1.54) is 18.3 Å². The Balaban J connectivity index is 1.84. The van der Waals surface area contributed by atoms with Crippen molar-refractivity contribution >= 4 is 40.6 Å². The van der Waals surface area contributed by atoms with Crippen LogP contribution in [0.25, 0.3) is 0 Å². The van der Waals surface area contributed by atoms with Crippen molar-refractivity contribution in [3.8, 4) is 0 Å². The van der Waals surface area contributed by atoms with Gasteiger partial charge in [0.15, 0.2) is 5.78 Å². The third-order valence-electron chi connectivity index (χ3n) is 6.30. The minimum Gasteiger partial charge on any atom is -0.465 e. The lowest BCUT2D eigenvalue weighted by Crippen LogP contribution is -2.56. The average Bonchev–Trinajstić information content (AvgIpc) is 3.46. The number of benzene rings is 1. The molecule has 0 aliphatic carbocycles. The molecule has 2 amide bonds. The maximum Gasteiger partial charge on any atom is 0.327 e. The highest BCUT2D eigenvalue weighted by molar-refractivity contribution is 7.10. The van der Waals surface area contributed by atoms with E-state index in [0.29, 0.717) is 24.1 Å². The summed E-state index contributed by atoms with van der Waals surface area (Å²) in [5.41, 5.74) is -0.524. The molecule has 8 heteroatoms. The van der Waals surface area contributed by atoms with E-state index in [0.717, 1.165) is 9.78 Å². The molecule has 0 unspecified atom stereocenters. The van der Waals surface area contributed by atoms with Gasteiger partial charge in [0.2, 0.25) is 11.8 Å². The van der Waals surface area contributed by atoms with Gasteiger partial charge in [0.25, 0.3) is 0 Å². The zero-order valence-electron chi connectivity index (χ0n) is 18.3. The second kappa shape index (κ2) is 8.60. The predicted molar refractivity (Wildman–Crippen MR) is 120 cm³/mol. The van der Waals surface area contributed by atoms with Crippen molar-refractivity contribution in [2.45, 2.75) is 45.2 Å². The van der Waals surface area contributed by atoms with E-state index in [4.69, 9.17) is 4.74 Å². The molecular weight excluding hydrogens is 428 g/mol. The summed E-state index contributed by atoms with van der Waals surface area (Å²) in [6.07, 6.45) is 1.00. The molecule has 1 aromatic carbocycles. The average molecular weight is 455 g/mol. The van der Waals surface area contributed by atoms with Gasteiger partial charge in [0, 0.05) is 10.4 Å². The number of imide groups is 1. The third kappa shape index (κ3) is 3.38. The van der Waals surface area contributed by atoms with Crippen molar-refractivity contribution in [1.29, 1.82) is 0 Å². The van der Waals surface area contributed by atoms with E-state index in [2.05, 4.69) is 5.32 Å². The number of ether oxygens (including phenoxy) is 1. The van der Waals surface area contributed by atoms with Crippen LogP contribution in [0.3, 0.4) is 0 Å². The lowest BCUT2D eigenvalue weighted by Gasteiger charge is -2.32. The Morgan fingerprint density at radius 3 is 2.56 bits per heavy atom. The van der Waals surface area contributed by atoms with Gasteiger partial charge in [-0.15, -0.1) is 11.3 Å². The first-order valence-electron chi connectivity index (χ1n) is 10.8. The number of hydrogen-bond acceptors (Lipinski definition) is 7. The summed E-state index contributed by atoms with van der Waals surface area (Å²) in [4.78, 5) is 54.6. The lowest BCUT2D eigenvalue weighted by atomic mass is 9.77. The van der Waals surface area contributed by atoms with E-state index < -0.39 is 35.3 Å². The van der Waals surface area contributed by atoms with Gasteiger partial charge >= 0.3 is 5.97 Å². The van der Waals surface area contributed by atoms with Gasteiger partial charge in [0.1, 0.15) is 5.54 Å². The largest absolute Gasteiger partial charge is 0.465 e. The molecule has 0 saturated carbocycles. The number of Topliss-reactive ketones (excluding diaryl/α,β-unsaturated/α-hetero) is 1. The molecule has 32 heavy (non-hydrogen) atoms. The Labute approximate surface area is 190 Å². The molecule has 2 aliphatic heterocycles. The number of esters is 1. The monoisotopic (exact) mass is 454 g/mol. The SMILES string of the molecule is CCC[C@]1(C(=O)OCC)N[C@H](c2cccs2)[C@H]2C(=O)N(c3cccc(C(C)=O)c3)C(=O)[C@H]21. The normalized spacial score (nSPS) is 27.0. The molecule has 1 aromatic heterocycles. The Hall–Kier alpha value is -2.84. The summed E-state index contributed by atoms with van der Waals surface area (Å²) in [6.45, 7) is 5.28. The molecule has 0 bridgehead atoms. The maximum absolute atomic E-state index is 13.8. The van der Waals surface area contributed by atoms with Crippen molar-refractivity contribution in [1.82, 2.24) is 5.32 Å². The Morgan fingerprint density at radius 1 is 1.16 bits per heavy atom. The van der Waals surface area contributed by atoms with Gasteiger partial charge in [-0.2, -0.15) is 0 Å². The van der Waals surface area contributed by atoms with Crippen LogP contribution < -0.4 is 10.2 Å². The van der Waals surface area contributed by atoms with Gasteiger partial charge in [-0.05, 0) is 43.8 Å². The minimum absolute atomic E-state index is 0.156. The Kier molecular flexibility index (Phi) is 6.01. The molecule has 4 atom stereocenters. The van der Waals surface area contributed by atoms with Crippen LogP contribution in [0.1, 0.15) is 54.9 Å². The second-order valence-electron chi connectivity index (χ2n) is 8.20. The fourth-order valence-corrected chi connectivity index (χ4v) is 5.83. The summed E-state index contributed by atoms with van der Waals surface area (Å²) in [6, 6.07) is 9.81. The van der Waals surface area contributed by atoms with Crippen LogP contribution in [0, 0.1) is 11.8 Å². The van der Waals surface area contributed by atoms with E-state index >= 15 is 0 Å². The lowest BCUT2D eigenvalue weighted by molar-refractivity contribution is -0.155. The van der Waals surface area contributed by atoms with Crippen molar-refractivity contribution < 1.29 is 23.9 Å². The number of thiophene rings is 1. The van der Waals surface area contributed by atoms with Crippen LogP contribution in [0.5, 0.6) is 0 Å². The van der Waals surface area contributed by atoms with Gasteiger partial charge in [-0.25, -0.2) is 4.90 Å². The molecule has 168 valence electrons. The first kappa shape index (κ1) is 22.4. The zero-order valence-corrected chi connectivity index (χ0v) is 19.1. The number of fused-ring (bicyclic) bond motifs is 1. The number of rotatable bonds is 7. The van der Waals surface area contributed by atoms with Crippen molar-refractivity contribution in [3.63, 3.8) is 0 Å². The summed E-state index contributed by atoms with van der Waals surface area (Å²) >= 11 is 1.48. The Bertz CT molecular complexity index is 1070. The maximum atomic E-state index is 13.8. The molecule has 0 radical (unpaired) electrons. The van der Waals surface area contributed by atoms with Crippen LogP contribution in [0.15, 0.2) is 41.8 Å². The zero-order chi connectivity index (χ0) is 23.0. The van der Waals surface area contributed by atoms with Crippen LogP contribution in [-0.2, 0) is 19.1 Å². The number of anilines is 1. The van der Waals surface area contributed by atoms with Crippen LogP contribution >= 0.6 is 11.3 Å². The number of carbonyl (C=O) groups is 4. The van der Waals surface area contributed by atoms with Crippen LogP contribution in [0.4, 0.5) is 5.69 Å². The van der Waals surface area contributed by atoms with Crippen molar-refractivity contribution in [2.75, 3.05) is 11.5 Å². The molecule has 7 nitrogen and oxygen atoms in total. The fourth-order valence-electron chi connectivity index (χ4n) is 5.01. The highest BCUT2D eigenvalue weighted by atomic mass is 32.1. The van der Waals surface area contributed by atoms with Gasteiger partial charge in [0.05, 0.1) is 30.2 Å². The number of ketones is 1. The van der Waals surface area contributed by atoms with Gasteiger partial charge in [-0.1, -0.05) is 31.5 Å². The number of nitrogens with one attached hydrogen (secondary N) is 1. The molecule has 0 spiro atoms. The standard InChI is InChI=1S/C24H26N2O5S/c1-4-11-24(23(30)31-5-2)19-18(20(25-24)17-10-7-12-32-17)21(28)26(22(19)29)16-9-6-8-15(13-16)14(3)27/h6-10,12-13,18-20,25H,4-5,11H2,1-3H3/t18-,19-,20+,24-/m0/s1. The highest BCUT2D eigenvalue weighted by Gasteiger charge is 2.68. The summed E-state index contributed by atoms with van der Waals surface area (Å²) in [5.74, 6) is -3.09. The number of carbonyl (C=O) groups excluding carboxylic acids is 4. The number of nitrogens with zero attached hydrogens (tertiary/aromatic N) is 1. The molecule has 3 heterocycles. The summed E-state index contributed by atoms with van der Waals surface area (Å²) < 4.78 is 5.41. The quantitative estimate of drug-likeness (QED) is 0.391. The first-order valence-corrected chi connectivity index (χ1v) is 11.7. The molecule has 2 aliphatic rings. The van der Waals surface area contributed by atoms with Crippen LogP contribution in [0.2, 0.25) is 0 Å². The van der Waals surface area contributed by atoms with Crippen molar-refractivity contribution in [2.24, 2.45) is 11.8 Å². The molecular formula is C24H26N2O5S. The summed E-state index contributed by atoms with van der Waals surface area (Å²) in [5, 5.41) is 5.28. The molecule has 2 saturated heterocycles. The topological polar surface area (TPSA) is 92.8 Å². The Morgan fingerprint density at radius 2 is 1.94 bits per heavy atom. The molecule has 4 rings (SSSR count). The minimum atomic E-state index is -1.29. The fraction of sp³-hybridized carbons (Fsp3) is 0.417. The summed E-state index contributed by atoms with van der Waals surface area (Å²) in [7, 11) is 0.